The summed E-state index contributed by atoms with van der Waals surface area (Å²) in [4.78, 5) is 8.79. The number of thioether (sulfide) groups is 1. The molecule has 1 aromatic carbocycles. The molecule has 0 aliphatic heterocycles. The highest BCUT2D eigenvalue weighted by Crippen LogP contribution is 2.23. The molecule has 0 saturated heterocycles. The van der Waals surface area contributed by atoms with Gasteiger partial charge < -0.3 is 5.73 Å². The zero-order chi connectivity index (χ0) is 13.7. The third-order valence-electron chi connectivity index (χ3n) is 2.88. The van der Waals surface area contributed by atoms with Crippen LogP contribution in [0, 0.1) is 6.92 Å². The summed E-state index contributed by atoms with van der Waals surface area (Å²) >= 11 is 1.71. The third-order valence-corrected chi connectivity index (χ3v) is 3.84. The average molecular weight is 273 g/mol. The number of hydrogen-bond donors (Lipinski definition) is 1. The molecule has 100 valence electrons. The van der Waals surface area contributed by atoms with Crippen molar-refractivity contribution in [1.29, 1.82) is 0 Å². The molecule has 2 aromatic rings. The van der Waals surface area contributed by atoms with Crippen molar-refractivity contribution in [3.8, 4) is 0 Å². The highest BCUT2D eigenvalue weighted by Gasteiger charge is 2.04. The standard InChI is InChI=1S/C15H19N3S/c1-3-6-14-17-13(16)9-15(18-14)19-10-12-8-5-4-7-11(12)2/h4-5,7-9H,3,6,10H2,1-2H3,(H2,16,17,18). The van der Waals surface area contributed by atoms with Gasteiger partial charge in [0.2, 0.25) is 0 Å². The summed E-state index contributed by atoms with van der Waals surface area (Å²) in [6, 6.07) is 10.3. The maximum atomic E-state index is 5.82. The van der Waals surface area contributed by atoms with E-state index in [1.54, 1.807) is 11.8 Å². The van der Waals surface area contributed by atoms with E-state index >= 15 is 0 Å². The molecule has 0 aliphatic rings. The van der Waals surface area contributed by atoms with Gasteiger partial charge in [-0.25, -0.2) is 9.97 Å². The lowest BCUT2D eigenvalue weighted by molar-refractivity contribution is 0.813. The summed E-state index contributed by atoms with van der Waals surface area (Å²) in [7, 11) is 0. The monoisotopic (exact) mass is 273 g/mol. The predicted octanol–water partition coefficient (Wildman–Crippen LogP) is 3.61. The van der Waals surface area contributed by atoms with Crippen LogP contribution in [0.15, 0.2) is 35.4 Å². The second-order valence-electron chi connectivity index (χ2n) is 4.51. The van der Waals surface area contributed by atoms with Crippen LogP contribution in [0.1, 0.15) is 30.3 Å². The van der Waals surface area contributed by atoms with Gasteiger partial charge in [0, 0.05) is 18.2 Å². The lowest BCUT2D eigenvalue weighted by atomic mass is 10.1. The fraction of sp³-hybridized carbons (Fsp3) is 0.333. The highest BCUT2D eigenvalue weighted by molar-refractivity contribution is 7.98. The minimum absolute atomic E-state index is 0.561. The van der Waals surface area contributed by atoms with Gasteiger partial charge in [0.25, 0.3) is 0 Å². The molecule has 2 rings (SSSR count). The van der Waals surface area contributed by atoms with Crippen molar-refractivity contribution in [2.45, 2.75) is 37.5 Å². The minimum Gasteiger partial charge on any atom is -0.384 e. The Kier molecular flexibility index (Phi) is 4.80. The number of rotatable bonds is 5. The molecule has 1 aromatic heterocycles. The molecule has 4 heteroatoms. The van der Waals surface area contributed by atoms with Gasteiger partial charge >= 0.3 is 0 Å². The Morgan fingerprint density at radius 3 is 2.74 bits per heavy atom. The van der Waals surface area contributed by atoms with Crippen molar-refractivity contribution in [3.05, 3.63) is 47.3 Å². The summed E-state index contributed by atoms with van der Waals surface area (Å²) in [5, 5.41) is 0.958. The Balaban J connectivity index is 2.09. The summed E-state index contributed by atoms with van der Waals surface area (Å²) in [5.74, 6) is 2.31. The lowest BCUT2D eigenvalue weighted by Crippen LogP contribution is -2.00. The maximum absolute atomic E-state index is 5.82. The molecule has 2 N–H and O–H groups in total. The van der Waals surface area contributed by atoms with E-state index in [9.17, 15) is 0 Å². The molecule has 19 heavy (non-hydrogen) atoms. The van der Waals surface area contributed by atoms with E-state index in [1.807, 2.05) is 6.07 Å². The largest absolute Gasteiger partial charge is 0.384 e. The summed E-state index contributed by atoms with van der Waals surface area (Å²) in [6.45, 7) is 4.25. The molecule has 0 unspecified atom stereocenters. The zero-order valence-corrected chi connectivity index (χ0v) is 12.2. The van der Waals surface area contributed by atoms with Crippen LogP contribution in [-0.2, 0) is 12.2 Å². The number of hydrogen-bond acceptors (Lipinski definition) is 4. The van der Waals surface area contributed by atoms with Crippen LogP contribution < -0.4 is 5.73 Å². The lowest BCUT2D eigenvalue weighted by Gasteiger charge is -2.07. The van der Waals surface area contributed by atoms with Crippen molar-refractivity contribution in [3.63, 3.8) is 0 Å². The Labute approximate surface area is 118 Å². The number of aryl methyl sites for hydroxylation is 2. The van der Waals surface area contributed by atoms with Gasteiger partial charge in [-0.3, -0.25) is 0 Å². The van der Waals surface area contributed by atoms with Crippen molar-refractivity contribution >= 4 is 17.6 Å². The molecule has 0 fully saturated rings. The summed E-state index contributed by atoms with van der Waals surface area (Å²) in [6.07, 6.45) is 1.91. The van der Waals surface area contributed by atoms with E-state index in [4.69, 9.17) is 5.73 Å². The van der Waals surface area contributed by atoms with Gasteiger partial charge in [0.15, 0.2) is 0 Å². The molecule has 0 radical (unpaired) electrons. The number of anilines is 1. The average Bonchev–Trinajstić information content (AvgIpc) is 2.37. The predicted molar refractivity (Wildman–Crippen MR) is 81.2 cm³/mol. The molecular formula is C15H19N3S. The maximum Gasteiger partial charge on any atom is 0.132 e. The molecule has 0 spiro atoms. The van der Waals surface area contributed by atoms with E-state index in [1.165, 1.54) is 11.1 Å². The summed E-state index contributed by atoms with van der Waals surface area (Å²) in [5.41, 5.74) is 8.47. The fourth-order valence-electron chi connectivity index (χ4n) is 1.83. The van der Waals surface area contributed by atoms with E-state index in [0.29, 0.717) is 5.82 Å². The number of benzene rings is 1. The molecule has 0 bridgehead atoms. The van der Waals surface area contributed by atoms with Gasteiger partial charge in [-0.15, -0.1) is 11.8 Å². The van der Waals surface area contributed by atoms with E-state index in [0.717, 1.165) is 29.4 Å². The Morgan fingerprint density at radius 2 is 2.00 bits per heavy atom. The van der Waals surface area contributed by atoms with Gasteiger partial charge in [-0.1, -0.05) is 31.2 Å². The van der Waals surface area contributed by atoms with Gasteiger partial charge in [0.05, 0.1) is 0 Å². The van der Waals surface area contributed by atoms with Gasteiger partial charge in [-0.2, -0.15) is 0 Å². The zero-order valence-electron chi connectivity index (χ0n) is 11.4. The van der Waals surface area contributed by atoms with Crippen molar-refractivity contribution in [1.82, 2.24) is 9.97 Å². The third kappa shape index (κ3) is 3.96. The van der Waals surface area contributed by atoms with Crippen LogP contribution in [0.5, 0.6) is 0 Å². The van der Waals surface area contributed by atoms with Crippen molar-refractivity contribution < 1.29 is 0 Å². The number of nitrogens with zero attached hydrogens (tertiary/aromatic N) is 2. The van der Waals surface area contributed by atoms with E-state index in [2.05, 4.69) is 48.1 Å². The highest BCUT2D eigenvalue weighted by atomic mass is 32.2. The Hall–Kier alpha value is -1.55. The molecule has 0 atom stereocenters. The topological polar surface area (TPSA) is 51.8 Å². The van der Waals surface area contributed by atoms with Gasteiger partial charge in [0.1, 0.15) is 16.7 Å². The first-order valence-corrected chi connectivity index (χ1v) is 7.48. The second-order valence-corrected chi connectivity index (χ2v) is 5.51. The van der Waals surface area contributed by atoms with E-state index < -0.39 is 0 Å². The van der Waals surface area contributed by atoms with Gasteiger partial charge in [-0.05, 0) is 24.5 Å². The first kappa shape index (κ1) is 13.9. The molecular weight excluding hydrogens is 254 g/mol. The number of nitrogen functional groups attached to an aromatic ring is 1. The van der Waals surface area contributed by atoms with Crippen molar-refractivity contribution in [2.75, 3.05) is 5.73 Å². The minimum atomic E-state index is 0.561. The van der Waals surface area contributed by atoms with Crippen LogP contribution >= 0.6 is 11.8 Å². The molecule has 0 aliphatic carbocycles. The normalized spacial score (nSPS) is 10.6. The van der Waals surface area contributed by atoms with Crippen LogP contribution in [0.25, 0.3) is 0 Å². The number of aromatic nitrogens is 2. The van der Waals surface area contributed by atoms with Crippen LogP contribution in [-0.4, -0.2) is 9.97 Å². The first-order chi connectivity index (χ1) is 9.19. The molecule has 1 heterocycles. The van der Waals surface area contributed by atoms with E-state index in [-0.39, 0.29) is 0 Å². The van der Waals surface area contributed by atoms with Crippen LogP contribution in [0.2, 0.25) is 0 Å². The molecule has 0 amide bonds. The Bertz CT molecular complexity index is 555. The summed E-state index contributed by atoms with van der Waals surface area (Å²) < 4.78 is 0. The van der Waals surface area contributed by atoms with Crippen LogP contribution in [0.4, 0.5) is 5.82 Å². The quantitative estimate of drug-likeness (QED) is 0.668. The number of nitrogens with two attached hydrogens (primary N) is 1. The van der Waals surface area contributed by atoms with Crippen molar-refractivity contribution in [2.24, 2.45) is 0 Å². The molecule has 0 saturated carbocycles. The first-order valence-electron chi connectivity index (χ1n) is 6.49. The SMILES string of the molecule is CCCc1nc(N)cc(SCc2ccccc2C)n1. The fourth-order valence-corrected chi connectivity index (χ4v) is 2.83. The van der Waals surface area contributed by atoms with Crippen LogP contribution in [0.3, 0.4) is 0 Å². The molecule has 3 nitrogen and oxygen atoms in total. The smallest absolute Gasteiger partial charge is 0.132 e. The Morgan fingerprint density at radius 1 is 1.21 bits per heavy atom. The second kappa shape index (κ2) is 6.57.